The smallest absolute Gasteiger partial charge is 0.321 e. The van der Waals surface area contributed by atoms with Crippen molar-refractivity contribution >= 4 is 11.9 Å². The molecule has 0 unspecified atom stereocenters. The molecule has 1 atom stereocenters. The van der Waals surface area contributed by atoms with Crippen molar-refractivity contribution < 1.29 is 18.7 Å². The Balaban J connectivity index is 1.63. The van der Waals surface area contributed by atoms with Crippen LogP contribution in [0, 0.1) is 5.82 Å². The number of urea groups is 1. The number of nitrogens with one attached hydrogen (secondary N) is 2. The van der Waals surface area contributed by atoms with Crippen molar-refractivity contribution in [1.29, 1.82) is 0 Å². The maximum absolute atomic E-state index is 12.8. The molecule has 7 heteroatoms. The lowest BCUT2D eigenvalue weighted by Crippen LogP contribution is -2.49. The number of rotatable bonds is 8. The summed E-state index contributed by atoms with van der Waals surface area (Å²) in [6.45, 7) is 2.85. The van der Waals surface area contributed by atoms with Crippen molar-refractivity contribution in [2.24, 2.45) is 0 Å². The molecule has 0 saturated heterocycles. The zero-order valence-electron chi connectivity index (χ0n) is 14.0. The minimum Gasteiger partial charge on any atom is -0.494 e. The van der Waals surface area contributed by atoms with Gasteiger partial charge in [-0.3, -0.25) is 15.0 Å². The summed E-state index contributed by atoms with van der Waals surface area (Å²) in [4.78, 5) is 25.4. The van der Waals surface area contributed by atoms with E-state index >= 15 is 0 Å². The fraction of sp³-hybridized carbons (Fsp3) is 0.529. The summed E-state index contributed by atoms with van der Waals surface area (Å²) in [5, 5.41) is 5.07. The van der Waals surface area contributed by atoms with Crippen LogP contribution >= 0.6 is 0 Å². The number of likely N-dealkylation sites (N-methyl/N-ethyl adjacent to an activating group) is 1. The summed E-state index contributed by atoms with van der Waals surface area (Å²) in [6.07, 6.45) is 2.66. The number of hydrogen-bond donors (Lipinski definition) is 2. The van der Waals surface area contributed by atoms with E-state index in [-0.39, 0.29) is 17.8 Å². The van der Waals surface area contributed by atoms with Gasteiger partial charge in [-0.25, -0.2) is 9.18 Å². The second-order valence-corrected chi connectivity index (χ2v) is 6.05. The van der Waals surface area contributed by atoms with Crippen LogP contribution in [0.25, 0.3) is 0 Å². The standard InChI is InChI=1S/C17H24FN3O3/c1-12(16(22)20-17(23)19-14-6-7-14)21(2)10-3-11-24-15-8-4-13(18)5-9-15/h4-5,8-9,12,14H,3,6-7,10-11H2,1-2H3,(H2,19,20,22,23)/t12-/m0/s1. The fourth-order valence-corrected chi connectivity index (χ4v) is 2.09. The third-order valence-electron chi connectivity index (χ3n) is 3.93. The zero-order valence-corrected chi connectivity index (χ0v) is 14.0. The Morgan fingerprint density at radius 3 is 2.62 bits per heavy atom. The van der Waals surface area contributed by atoms with Gasteiger partial charge in [0.2, 0.25) is 5.91 Å². The van der Waals surface area contributed by atoms with Gasteiger partial charge in [0.05, 0.1) is 12.6 Å². The molecular weight excluding hydrogens is 313 g/mol. The van der Waals surface area contributed by atoms with Gasteiger partial charge in [-0.05, 0) is 57.5 Å². The molecule has 1 aliphatic rings. The third kappa shape index (κ3) is 6.16. The van der Waals surface area contributed by atoms with Gasteiger partial charge in [0, 0.05) is 12.6 Å². The highest BCUT2D eigenvalue weighted by atomic mass is 19.1. The van der Waals surface area contributed by atoms with Crippen LogP contribution < -0.4 is 15.4 Å². The van der Waals surface area contributed by atoms with Crippen LogP contribution in [0.3, 0.4) is 0 Å². The zero-order chi connectivity index (χ0) is 17.5. The minimum absolute atomic E-state index is 0.217. The van der Waals surface area contributed by atoms with Crippen LogP contribution in [-0.4, -0.2) is 49.1 Å². The molecule has 0 aromatic heterocycles. The Bertz CT molecular complexity index is 561. The van der Waals surface area contributed by atoms with Gasteiger partial charge in [-0.2, -0.15) is 0 Å². The second-order valence-electron chi connectivity index (χ2n) is 6.05. The van der Waals surface area contributed by atoms with Crippen LogP contribution in [0.5, 0.6) is 5.75 Å². The van der Waals surface area contributed by atoms with Crippen molar-refractivity contribution in [3.63, 3.8) is 0 Å². The summed E-state index contributed by atoms with van der Waals surface area (Å²) in [7, 11) is 1.82. The van der Waals surface area contributed by atoms with E-state index in [9.17, 15) is 14.0 Å². The molecule has 1 saturated carbocycles. The Morgan fingerprint density at radius 1 is 1.33 bits per heavy atom. The predicted octanol–water partition coefficient (Wildman–Crippen LogP) is 1.90. The van der Waals surface area contributed by atoms with Crippen molar-refractivity contribution in [1.82, 2.24) is 15.5 Å². The van der Waals surface area contributed by atoms with Crippen LogP contribution in [-0.2, 0) is 4.79 Å². The SMILES string of the molecule is C[C@@H](C(=O)NC(=O)NC1CC1)N(C)CCCOc1ccc(F)cc1. The van der Waals surface area contributed by atoms with Crippen molar-refractivity contribution in [3.8, 4) is 5.75 Å². The monoisotopic (exact) mass is 337 g/mol. The van der Waals surface area contributed by atoms with Gasteiger partial charge < -0.3 is 10.1 Å². The van der Waals surface area contributed by atoms with Crippen LogP contribution in [0.4, 0.5) is 9.18 Å². The average Bonchev–Trinajstić information content (AvgIpc) is 3.36. The molecule has 1 fully saturated rings. The normalized spacial score (nSPS) is 15.0. The first-order valence-corrected chi connectivity index (χ1v) is 8.15. The molecule has 1 aliphatic carbocycles. The van der Waals surface area contributed by atoms with Crippen molar-refractivity contribution in [2.75, 3.05) is 20.2 Å². The molecule has 1 aromatic rings. The lowest BCUT2D eigenvalue weighted by atomic mass is 10.2. The van der Waals surface area contributed by atoms with Gasteiger partial charge in [-0.15, -0.1) is 0 Å². The summed E-state index contributed by atoms with van der Waals surface area (Å²) in [5.41, 5.74) is 0. The lowest BCUT2D eigenvalue weighted by molar-refractivity contribution is -0.124. The maximum atomic E-state index is 12.8. The molecule has 24 heavy (non-hydrogen) atoms. The van der Waals surface area contributed by atoms with Gasteiger partial charge in [0.15, 0.2) is 0 Å². The molecule has 2 rings (SSSR count). The van der Waals surface area contributed by atoms with Crippen molar-refractivity contribution in [3.05, 3.63) is 30.1 Å². The van der Waals surface area contributed by atoms with Crippen molar-refractivity contribution in [2.45, 2.75) is 38.3 Å². The number of nitrogens with zero attached hydrogens (tertiary/aromatic N) is 1. The fourth-order valence-electron chi connectivity index (χ4n) is 2.09. The topological polar surface area (TPSA) is 70.7 Å². The maximum Gasteiger partial charge on any atom is 0.321 e. The molecule has 1 aromatic carbocycles. The number of imide groups is 1. The second kappa shape index (κ2) is 8.63. The summed E-state index contributed by atoms with van der Waals surface area (Å²) in [6, 6.07) is 5.22. The largest absolute Gasteiger partial charge is 0.494 e. The number of ether oxygens (including phenoxy) is 1. The summed E-state index contributed by atoms with van der Waals surface area (Å²) in [5.74, 6) is -0.00987. The first-order chi connectivity index (χ1) is 11.5. The lowest BCUT2D eigenvalue weighted by Gasteiger charge is -2.23. The van der Waals surface area contributed by atoms with Crippen LogP contribution in [0.1, 0.15) is 26.2 Å². The van der Waals surface area contributed by atoms with Gasteiger partial charge >= 0.3 is 6.03 Å². The van der Waals surface area contributed by atoms with Gasteiger partial charge in [0.1, 0.15) is 11.6 Å². The van der Waals surface area contributed by atoms with Crippen LogP contribution in [0.15, 0.2) is 24.3 Å². The highest BCUT2D eigenvalue weighted by Gasteiger charge is 2.25. The molecular formula is C17H24FN3O3. The molecule has 0 heterocycles. The Morgan fingerprint density at radius 2 is 2.00 bits per heavy atom. The molecule has 0 spiro atoms. The van der Waals surface area contributed by atoms with E-state index in [1.54, 1.807) is 19.1 Å². The third-order valence-corrected chi connectivity index (χ3v) is 3.93. The predicted molar refractivity (Wildman–Crippen MR) is 88.3 cm³/mol. The van der Waals surface area contributed by atoms with E-state index < -0.39 is 12.1 Å². The minimum atomic E-state index is -0.428. The number of carbonyl (C=O) groups is 2. The Kier molecular flexibility index (Phi) is 6.54. The highest BCUT2D eigenvalue weighted by molar-refractivity contribution is 5.96. The molecule has 0 aliphatic heterocycles. The first-order valence-electron chi connectivity index (χ1n) is 8.15. The van der Waals surface area contributed by atoms with E-state index in [2.05, 4.69) is 10.6 Å². The number of amides is 3. The molecule has 132 valence electrons. The molecule has 0 bridgehead atoms. The van der Waals surface area contributed by atoms with Gasteiger partial charge in [0.25, 0.3) is 0 Å². The van der Waals surface area contributed by atoms with Gasteiger partial charge in [-0.1, -0.05) is 0 Å². The quantitative estimate of drug-likeness (QED) is 0.711. The van der Waals surface area contributed by atoms with E-state index in [4.69, 9.17) is 4.74 Å². The number of benzene rings is 1. The number of halogens is 1. The van der Waals surface area contributed by atoms with Crippen LogP contribution in [0.2, 0.25) is 0 Å². The molecule has 0 radical (unpaired) electrons. The molecule has 6 nitrogen and oxygen atoms in total. The van der Waals surface area contributed by atoms with E-state index in [1.165, 1.54) is 12.1 Å². The van der Waals surface area contributed by atoms with E-state index in [0.717, 1.165) is 12.8 Å². The molecule has 3 amide bonds. The number of hydrogen-bond acceptors (Lipinski definition) is 4. The molecule has 2 N–H and O–H groups in total. The van der Waals surface area contributed by atoms with E-state index in [0.29, 0.717) is 25.3 Å². The first kappa shape index (κ1) is 18.2. The van der Waals surface area contributed by atoms with E-state index in [1.807, 2.05) is 11.9 Å². The summed E-state index contributed by atoms with van der Waals surface area (Å²) >= 11 is 0. The number of carbonyl (C=O) groups excluding carboxylic acids is 2. The Hall–Kier alpha value is -2.15. The Labute approximate surface area is 141 Å². The summed E-state index contributed by atoms with van der Waals surface area (Å²) < 4.78 is 18.3. The average molecular weight is 337 g/mol. The highest BCUT2D eigenvalue weighted by Crippen LogP contribution is 2.18.